The Morgan fingerprint density at radius 2 is 2.24 bits per heavy atom. The van der Waals surface area contributed by atoms with Crippen LogP contribution < -0.4 is 5.76 Å². The largest absolute Gasteiger partial charge is 0.416 e. The van der Waals surface area contributed by atoms with Gasteiger partial charge in [0.05, 0.1) is 18.9 Å². The second-order valence-corrected chi connectivity index (χ2v) is 4.81. The molecule has 2 rings (SSSR count). The van der Waals surface area contributed by atoms with Crippen LogP contribution in [0.4, 0.5) is 0 Å². The van der Waals surface area contributed by atoms with Crippen molar-refractivity contribution >= 4 is 5.91 Å². The summed E-state index contributed by atoms with van der Waals surface area (Å²) in [5.74, 6) is -0.884. The van der Waals surface area contributed by atoms with Gasteiger partial charge in [-0.05, 0) is 13.5 Å². The molecule has 0 spiro atoms. The highest BCUT2D eigenvalue weighted by Crippen LogP contribution is 2.08. The van der Waals surface area contributed by atoms with E-state index in [1.54, 1.807) is 7.05 Å². The summed E-state index contributed by atoms with van der Waals surface area (Å²) >= 11 is 0. The lowest BCUT2D eigenvalue weighted by Gasteiger charge is -2.31. The molecule has 1 N–H and O–H groups in total. The van der Waals surface area contributed by atoms with Gasteiger partial charge in [-0.25, -0.2) is 4.79 Å². The third-order valence-corrected chi connectivity index (χ3v) is 3.21. The Morgan fingerprint density at radius 1 is 1.52 bits per heavy atom. The third-order valence-electron chi connectivity index (χ3n) is 3.21. The van der Waals surface area contributed by atoms with Gasteiger partial charge in [0.2, 0.25) is 5.76 Å². The molecule has 0 aliphatic carbocycles. The van der Waals surface area contributed by atoms with Crippen molar-refractivity contribution < 1.29 is 13.9 Å². The molecule has 1 aliphatic heterocycles. The monoisotopic (exact) mass is 299 g/mol. The zero-order chi connectivity index (χ0) is 15.8. The molecule has 1 aromatic rings. The van der Waals surface area contributed by atoms with Crippen molar-refractivity contribution in [1.82, 2.24) is 14.8 Å². The molecule has 1 saturated heterocycles. The standard InChI is InChI=1S/C12H19N3O4.C2H6/c1-14-5-6-18-9(8-14)3-4-15(2)11(16)10-7-13-12(17)19-10;1-2/h7,9H,3-6,8H2,1-2H3,(H,13,17);1-2H3. The van der Waals surface area contributed by atoms with Gasteiger partial charge in [0, 0.05) is 26.7 Å². The van der Waals surface area contributed by atoms with Gasteiger partial charge in [-0.15, -0.1) is 0 Å². The van der Waals surface area contributed by atoms with Crippen LogP contribution in [0.25, 0.3) is 0 Å². The van der Waals surface area contributed by atoms with Crippen molar-refractivity contribution in [3.05, 3.63) is 22.5 Å². The van der Waals surface area contributed by atoms with Crippen molar-refractivity contribution in [2.75, 3.05) is 40.3 Å². The SMILES string of the molecule is CC.CN1CCOC(CCN(C)C(=O)c2c[nH]c(=O)o2)C1. The predicted octanol–water partition coefficient (Wildman–Crippen LogP) is 0.787. The molecule has 0 radical (unpaired) electrons. The van der Waals surface area contributed by atoms with Crippen molar-refractivity contribution in [3.63, 3.8) is 0 Å². The van der Waals surface area contributed by atoms with Crippen LogP contribution in [-0.4, -0.2) is 67.1 Å². The summed E-state index contributed by atoms with van der Waals surface area (Å²) in [7, 11) is 3.74. The number of amides is 1. The van der Waals surface area contributed by atoms with E-state index in [9.17, 15) is 9.59 Å². The summed E-state index contributed by atoms with van der Waals surface area (Å²) in [4.78, 5) is 28.8. The van der Waals surface area contributed by atoms with E-state index in [1.165, 1.54) is 11.1 Å². The van der Waals surface area contributed by atoms with E-state index in [4.69, 9.17) is 9.15 Å². The average Bonchev–Trinajstić information content (AvgIpc) is 2.93. The number of carbonyl (C=O) groups is 1. The van der Waals surface area contributed by atoms with E-state index >= 15 is 0 Å². The summed E-state index contributed by atoms with van der Waals surface area (Å²) in [6, 6.07) is 0. The molecule has 2 heterocycles. The molecular formula is C14H25N3O4. The number of H-pyrrole nitrogens is 1. The molecule has 7 heteroatoms. The van der Waals surface area contributed by atoms with E-state index < -0.39 is 5.76 Å². The van der Waals surface area contributed by atoms with Gasteiger partial charge in [0.25, 0.3) is 5.91 Å². The van der Waals surface area contributed by atoms with Gasteiger partial charge in [0.15, 0.2) is 0 Å². The molecule has 7 nitrogen and oxygen atoms in total. The Kier molecular flexibility index (Phi) is 7.18. The first-order valence-electron chi connectivity index (χ1n) is 7.30. The van der Waals surface area contributed by atoms with Crippen molar-refractivity contribution in [1.29, 1.82) is 0 Å². The summed E-state index contributed by atoms with van der Waals surface area (Å²) in [6.45, 7) is 7.11. The van der Waals surface area contributed by atoms with Crippen LogP contribution in [0.5, 0.6) is 0 Å². The molecule has 120 valence electrons. The fraction of sp³-hybridized carbons (Fsp3) is 0.714. The second kappa shape index (κ2) is 8.63. The lowest BCUT2D eigenvalue weighted by Crippen LogP contribution is -2.41. The smallest absolute Gasteiger partial charge is 0.403 e. The van der Waals surface area contributed by atoms with Gasteiger partial charge in [-0.3, -0.25) is 9.78 Å². The number of aromatic nitrogens is 1. The molecule has 21 heavy (non-hydrogen) atoms. The Hall–Kier alpha value is -1.60. The zero-order valence-electron chi connectivity index (χ0n) is 13.2. The van der Waals surface area contributed by atoms with Gasteiger partial charge in [-0.1, -0.05) is 13.8 Å². The van der Waals surface area contributed by atoms with Gasteiger partial charge in [-0.2, -0.15) is 0 Å². The first-order chi connectivity index (χ1) is 10.1. The minimum Gasteiger partial charge on any atom is -0.403 e. The summed E-state index contributed by atoms with van der Waals surface area (Å²) in [5, 5.41) is 0. The Labute approximate surface area is 124 Å². The van der Waals surface area contributed by atoms with Crippen LogP contribution in [-0.2, 0) is 4.74 Å². The van der Waals surface area contributed by atoms with Crippen molar-refractivity contribution in [2.45, 2.75) is 26.4 Å². The lowest BCUT2D eigenvalue weighted by atomic mass is 10.2. The normalized spacial score (nSPS) is 18.8. The highest BCUT2D eigenvalue weighted by molar-refractivity contribution is 5.90. The molecule has 1 fully saturated rings. The first-order valence-corrected chi connectivity index (χ1v) is 7.30. The van der Waals surface area contributed by atoms with Gasteiger partial charge < -0.3 is 19.0 Å². The fourth-order valence-corrected chi connectivity index (χ4v) is 2.06. The van der Waals surface area contributed by atoms with Crippen LogP contribution in [0, 0.1) is 0 Å². The maximum Gasteiger partial charge on any atom is 0.416 e. The fourth-order valence-electron chi connectivity index (χ4n) is 2.06. The predicted molar refractivity (Wildman–Crippen MR) is 79.5 cm³/mol. The van der Waals surface area contributed by atoms with Crippen molar-refractivity contribution in [3.8, 4) is 0 Å². The van der Waals surface area contributed by atoms with Crippen molar-refractivity contribution in [2.24, 2.45) is 0 Å². The maximum atomic E-state index is 11.9. The number of hydrogen-bond acceptors (Lipinski definition) is 5. The molecule has 0 saturated carbocycles. The Balaban J connectivity index is 0.00000106. The third kappa shape index (κ3) is 5.35. The molecule has 1 aromatic heterocycles. The summed E-state index contributed by atoms with van der Waals surface area (Å²) in [5.41, 5.74) is 0. The van der Waals surface area contributed by atoms with E-state index in [-0.39, 0.29) is 17.8 Å². The molecule has 1 unspecified atom stereocenters. The highest BCUT2D eigenvalue weighted by Gasteiger charge is 2.20. The molecular weight excluding hydrogens is 274 g/mol. The highest BCUT2D eigenvalue weighted by atomic mass is 16.5. The number of carbonyl (C=O) groups excluding carboxylic acids is 1. The molecule has 0 aromatic carbocycles. The molecule has 1 amide bonds. The van der Waals surface area contributed by atoms with E-state index in [1.807, 2.05) is 13.8 Å². The van der Waals surface area contributed by atoms with Crippen LogP contribution in [0.3, 0.4) is 0 Å². The topological polar surface area (TPSA) is 78.8 Å². The Bertz CT molecular complexity index is 483. The quantitative estimate of drug-likeness (QED) is 0.889. The number of nitrogens with zero attached hydrogens (tertiary/aromatic N) is 2. The number of morpholine rings is 1. The lowest BCUT2D eigenvalue weighted by molar-refractivity contribution is -0.0257. The number of oxazole rings is 1. The number of nitrogens with one attached hydrogen (secondary N) is 1. The van der Waals surface area contributed by atoms with Crippen LogP contribution in [0.1, 0.15) is 30.8 Å². The van der Waals surface area contributed by atoms with Crippen LogP contribution in [0.2, 0.25) is 0 Å². The minimum absolute atomic E-state index is 0.0363. The number of aromatic amines is 1. The number of rotatable bonds is 4. The molecule has 0 bridgehead atoms. The van der Waals surface area contributed by atoms with E-state index in [0.29, 0.717) is 6.54 Å². The number of likely N-dealkylation sites (N-methyl/N-ethyl adjacent to an activating group) is 1. The zero-order valence-corrected chi connectivity index (χ0v) is 13.2. The van der Waals surface area contributed by atoms with E-state index in [2.05, 4.69) is 16.9 Å². The van der Waals surface area contributed by atoms with Crippen LogP contribution in [0.15, 0.2) is 15.4 Å². The minimum atomic E-state index is -0.617. The second-order valence-electron chi connectivity index (χ2n) is 4.81. The Morgan fingerprint density at radius 3 is 2.81 bits per heavy atom. The average molecular weight is 299 g/mol. The summed E-state index contributed by atoms with van der Waals surface area (Å²) in [6.07, 6.45) is 2.19. The van der Waals surface area contributed by atoms with Gasteiger partial charge in [0.1, 0.15) is 0 Å². The van der Waals surface area contributed by atoms with E-state index in [0.717, 1.165) is 26.1 Å². The molecule has 1 aliphatic rings. The summed E-state index contributed by atoms with van der Waals surface area (Å²) < 4.78 is 10.4. The number of hydrogen-bond donors (Lipinski definition) is 1. The first kappa shape index (κ1) is 17.5. The van der Waals surface area contributed by atoms with Gasteiger partial charge >= 0.3 is 5.76 Å². The van der Waals surface area contributed by atoms with Crippen LogP contribution >= 0.6 is 0 Å². The maximum absolute atomic E-state index is 11.9. The number of ether oxygens (including phenoxy) is 1. The molecule has 1 atom stereocenters.